The van der Waals surface area contributed by atoms with E-state index in [1.54, 1.807) is 56.4 Å². The first-order valence-corrected chi connectivity index (χ1v) is 9.49. The first-order valence-electron chi connectivity index (χ1n) is 9.49. The minimum absolute atomic E-state index is 0.121. The van der Waals surface area contributed by atoms with Crippen LogP contribution in [-0.4, -0.2) is 59.0 Å². The molecular weight excluding hydrogens is 390 g/mol. The van der Waals surface area contributed by atoms with E-state index in [2.05, 4.69) is 10.1 Å². The second kappa shape index (κ2) is 9.34. The minimum atomic E-state index is -1.74. The van der Waals surface area contributed by atoms with Crippen molar-refractivity contribution in [1.29, 1.82) is 0 Å². The van der Waals surface area contributed by atoms with Crippen LogP contribution in [0.25, 0.3) is 0 Å². The Morgan fingerprint density at radius 1 is 1.27 bits per heavy atom. The SMILES string of the molecule is C\C=C(/C=C(C)/C=C/C=C/C=C(\C)C(=O)[C@]12O[C@H]1[C@@](O)(CCO)NC2=O)C(=O)OC. The molecule has 2 saturated heterocycles. The number of carbonyl (C=O) groups excluding carboxylic acids is 3. The molecule has 2 fully saturated rings. The summed E-state index contributed by atoms with van der Waals surface area (Å²) in [4.78, 5) is 36.5. The lowest BCUT2D eigenvalue weighted by Crippen LogP contribution is -2.48. The highest BCUT2D eigenvalue weighted by atomic mass is 16.6. The molecule has 3 N–H and O–H groups in total. The number of carbonyl (C=O) groups is 3. The molecule has 0 spiro atoms. The summed E-state index contributed by atoms with van der Waals surface area (Å²) >= 11 is 0. The Labute approximate surface area is 175 Å². The fourth-order valence-electron chi connectivity index (χ4n) is 3.26. The van der Waals surface area contributed by atoms with Gasteiger partial charge in [-0.05, 0) is 32.4 Å². The van der Waals surface area contributed by atoms with Gasteiger partial charge in [0, 0.05) is 13.0 Å². The molecule has 2 aliphatic heterocycles. The van der Waals surface area contributed by atoms with E-state index in [-0.39, 0.29) is 13.0 Å². The van der Waals surface area contributed by atoms with E-state index in [1.165, 1.54) is 7.11 Å². The summed E-state index contributed by atoms with van der Waals surface area (Å²) in [6.07, 6.45) is 10.6. The highest BCUT2D eigenvalue weighted by Crippen LogP contribution is 2.50. The van der Waals surface area contributed by atoms with E-state index in [0.717, 1.165) is 5.57 Å². The van der Waals surface area contributed by atoms with Crippen molar-refractivity contribution in [2.24, 2.45) is 0 Å². The van der Waals surface area contributed by atoms with Crippen molar-refractivity contribution in [3.8, 4) is 0 Å². The third-order valence-corrected chi connectivity index (χ3v) is 4.95. The summed E-state index contributed by atoms with van der Waals surface area (Å²) in [5.74, 6) is -1.64. The maximum absolute atomic E-state index is 12.7. The molecule has 2 aliphatic rings. The number of epoxide rings is 1. The fraction of sp³-hybridized carbons (Fsp3) is 0.409. The number of methoxy groups -OCH3 is 1. The lowest BCUT2D eigenvalue weighted by atomic mass is 9.92. The minimum Gasteiger partial charge on any atom is -0.465 e. The first kappa shape index (κ1) is 23.5. The van der Waals surface area contributed by atoms with Gasteiger partial charge in [0.2, 0.25) is 11.4 Å². The van der Waals surface area contributed by atoms with E-state index in [1.807, 2.05) is 6.92 Å². The topological polar surface area (TPSA) is 125 Å². The number of amides is 1. The zero-order chi connectivity index (χ0) is 22.5. The standard InChI is InChI=1S/C22H27NO7/c1-5-16(18(26)29-4)13-14(2)9-7-6-8-10-15(3)17(25)22-19(30-22)21(28,11-12-24)23-20(22)27/h5-10,13,19,24,28H,11-12H2,1-4H3,(H,23,27)/b8-6+,9-7+,14-13+,15-10+,16-5+/t19-,21-,22-/m0/s1. The molecule has 162 valence electrons. The number of hydrogen-bond acceptors (Lipinski definition) is 7. The summed E-state index contributed by atoms with van der Waals surface area (Å²) in [7, 11) is 1.32. The van der Waals surface area contributed by atoms with Crippen LogP contribution in [0.2, 0.25) is 0 Å². The molecule has 2 rings (SSSR count). The average Bonchev–Trinajstić information content (AvgIpc) is 3.44. The van der Waals surface area contributed by atoms with E-state index in [9.17, 15) is 19.5 Å². The molecule has 0 saturated carbocycles. The maximum atomic E-state index is 12.7. The second-order valence-corrected chi connectivity index (χ2v) is 7.13. The van der Waals surface area contributed by atoms with Crippen LogP contribution in [0.3, 0.4) is 0 Å². The molecule has 1 amide bonds. The summed E-state index contributed by atoms with van der Waals surface area (Å²) < 4.78 is 9.97. The largest absolute Gasteiger partial charge is 0.465 e. The van der Waals surface area contributed by atoms with Gasteiger partial charge < -0.3 is 25.0 Å². The zero-order valence-corrected chi connectivity index (χ0v) is 17.5. The van der Waals surface area contributed by atoms with Gasteiger partial charge in [-0.15, -0.1) is 0 Å². The second-order valence-electron chi connectivity index (χ2n) is 7.13. The molecule has 0 radical (unpaired) electrons. The Morgan fingerprint density at radius 3 is 2.53 bits per heavy atom. The third-order valence-electron chi connectivity index (χ3n) is 4.95. The molecule has 8 heteroatoms. The van der Waals surface area contributed by atoms with Crippen LogP contribution in [0.4, 0.5) is 0 Å². The van der Waals surface area contributed by atoms with E-state index in [4.69, 9.17) is 9.84 Å². The number of rotatable bonds is 9. The van der Waals surface area contributed by atoms with Crippen molar-refractivity contribution in [1.82, 2.24) is 5.32 Å². The Balaban J connectivity index is 2.01. The molecule has 8 nitrogen and oxygen atoms in total. The number of fused-ring (bicyclic) bond motifs is 1. The van der Waals surface area contributed by atoms with Crippen LogP contribution >= 0.6 is 0 Å². The molecule has 3 atom stereocenters. The van der Waals surface area contributed by atoms with Crippen molar-refractivity contribution in [2.45, 2.75) is 44.6 Å². The van der Waals surface area contributed by atoms with E-state index < -0.39 is 35.1 Å². The summed E-state index contributed by atoms with van der Waals surface area (Å²) in [5, 5.41) is 21.7. The summed E-state index contributed by atoms with van der Waals surface area (Å²) in [6, 6.07) is 0. The van der Waals surface area contributed by atoms with Crippen molar-refractivity contribution in [3.63, 3.8) is 0 Å². The van der Waals surface area contributed by atoms with Gasteiger partial charge in [-0.1, -0.05) is 42.0 Å². The number of aliphatic hydroxyl groups excluding tert-OH is 1. The monoisotopic (exact) mass is 417 g/mol. The molecule has 0 aliphatic carbocycles. The zero-order valence-electron chi connectivity index (χ0n) is 17.5. The Hall–Kier alpha value is -2.81. The van der Waals surface area contributed by atoms with Crippen molar-refractivity contribution < 1.29 is 34.1 Å². The normalized spacial score (nSPS) is 29.3. The van der Waals surface area contributed by atoms with Gasteiger partial charge in [0.05, 0.1) is 12.7 Å². The van der Waals surface area contributed by atoms with Gasteiger partial charge in [-0.3, -0.25) is 9.59 Å². The number of allylic oxidation sites excluding steroid dienone is 7. The maximum Gasteiger partial charge on any atom is 0.337 e. The van der Waals surface area contributed by atoms with E-state index >= 15 is 0 Å². The molecule has 2 heterocycles. The van der Waals surface area contributed by atoms with Gasteiger partial charge >= 0.3 is 5.97 Å². The van der Waals surface area contributed by atoms with Crippen molar-refractivity contribution in [2.75, 3.05) is 13.7 Å². The quantitative estimate of drug-likeness (QED) is 0.168. The average molecular weight is 417 g/mol. The van der Waals surface area contributed by atoms with Gasteiger partial charge in [0.1, 0.15) is 0 Å². The molecule has 0 aromatic heterocycles. The molecule has 30 heavy (non-hydrogen) atoms. The predicted octanol–water partition coefficient (Wildman–Crippen LogP) is 1.02. The van der Waals surface area contributed by atoms with Crippen LogP contribution in [-0.2, 0) is 23.9 Å². The van der Waals surface area contributed by atoms with Crippen LogP contribution in [0.15, 0.2) is 59.3 Å². The number of morpholine rings is 1. The number of Topliss-reactive ketones (excluding diaryl/α,β-unsaturated/α-hetero) is 1. The molecular formula is C22H27NO7. The Bertz CT molecular complexity index is 880. The number of nitrogens with one attached hydrogen (secondary N) is 1. The van der Waals surface area contributed by atoms with Crippen LogP contribution in [0, 0.1) is 0 Å². The molecule has 0 unspecified atom stereocenters. The van der Waals surface area contributed by atoms with E-state index in [0.29, 0.717) is 11.1 Å². The molecule has 0 bridgehead atoms. The first-order chi connectivity index (χ1) is 14.2. The smallest absolute Gasteiger partial charge is 0.337 e. The highest BCUT2D eigenvalue weighted by Gasteiger charge is 2.80. The van der Waals surface area contributed by atoms with Gasteiger partial charge in [0.25, 0.3) is 5.91 Å². The third kappa shape index (κ3) is 4.51. The Kier molecular flexibility index (Phi) is 7.30. The van der Waals surface area contributed by atoms with Gasteiger partial charge in [0.15, 0.2) is 11.8 Å². The van der Waals surface area contributed by atoms with Crippen molar-refractivity contribution in [3.05, 3.63) is 59.3 Å². The number of ketones is 1. The van der Waals surface area contributed by atoms with Crippen LogP contribution in [0.1, 0.15) is 27.2 Å². The summed E-state index contributed by atoms with van der Waals surface area (Å²) in [5.41, 5.74) is -1.89. The number of hydrogen-bond donors (Lipinski definition) is 3. The molecule has 0 aromatic carbocycles. The summed E-state index contributed by atoms with van der Waals surface area (Å²) in [6.45, 7) is 4.78. The number of esters is 1. The number of aliphatic hydroxyl groups is 2. The van der Waals surface area contributed by atoms with Crippen LogP contribution < -0.4 is 5.32 Å². The Morgan fingerprint density at radius 2 is 1.97 bits per heavy atom. The lowest BCUT2D eigenvalue weighted by molar-refractivity contribution is -0.138. The number of ether oxygens (including phenoxy) is 2. The highest BCUT2D eigenvalue weighted by molar-refractivity contribution is 6.21. The van der Waals surface area contributed by atoms with Crippen molar-refractivity contribution >= 4 is 17.7 Å². The molecule has 0 aromatic rings. The van der Waals surface area contributed by atoms with Gasteiger partial charge in [-0.2, -0.15) is 0 Å². The lowest BCUT2D eigenvalue weighted by Gasteiger charge is -2.22. The van der Waals surface area contributed by atoms with Crippen LogP contribution in [0.5, 0.6) is 0 Å². The predicted molar refractivity (Wildman–Crippen MR) is 109 cm³/mol. The fourth-order valence-corrected chi connectivity index (χ4v) is 3.26. The van der Waals surface area contributed by atoms with Gasteiger partial charge in [-0.25, -0.2) is 4.79 Å².